The van der Waals surface area contributed by atoms with E-state index in [1.165, 1.54) is 10.5 Å². The van der Waals surface area contributed by atoms with Crippen LogP contribution in [0.4, 0.5) is 11.5 Å². The van der Waals surface area contributed by atoms with Crippen molar-refractivity contribution in [3.05, 3.63) is 79.0 Å². The third kappa shape index (κ3) is 4.80. The topological polar surface area (TPSA) is 71.5 Å². The molecule has 0 spiro atoms. The highest BCUT2D eigenvalue weighted by Crippen LogP contribution is 2.23. The first kappa shape index (κ1) is 19.7. The van der Waals surface area contributed by atoms with E-state index in [1.54, 1.807) is 31.2 Å². The fourth-order valence-corrected chi connectivity index (χ4v) is 4.13. The summed E-state index contributed by atoms with van der Waals surface area (Å²) in [6.07, 6.45) is 1.38. The van der Waals surface area contributed by atoms with Gasteiger partial charge in [0, 0.05) is 12.7 Å². The van der Waals surface area contributed by atoms with Gasteiger partial charge >= 0.3 is 0 Å². The number of para-hydroxylation sites is 2. The Hall–Kier alpha value is -3.06. The molecule has 0 bridgehead atoms. The van der Waals surface area contributed by atoms with Gasteiger partial charge in [0.1, 0.15) is 23.1 Å². The second kappa shape index (κ2) is 9.23. The summed E-state index contributed by atoms with van der Waals surface area (Å²) < 4.78 is 32.8. The van der Waals surface area contributed by atoms with E-state index in [0.717, 1.165) is 5.75 Å². The van der Waals surface area contributed by atoms with Gasteiger partial charge in [0.2, 0.25) is 0 Å². The average molecular weight is 398 g/mol. The average Bonchev–Trinajstić information content (AvgIpc) is 2.73. The molecule has 3 aromatic rings. The Morgan fingerprint density at radius 1 is 0.964 bits per heavy atom. The van der Waals surface area contributed by atoms with Gasteiger partial charge in [0.15, 0.2) is 0 Å². The van der Waals surface area contributed by atoms with Crippen molar-refractivity contribution in [1.82, 2.24) is 4.98 Å². The number of ether oxygens (including phenoxy) is 1. The summed E-state index contributed by atoms with van der Waals surface area (Å²) in [6.45, 7) is 3.17. The van der Waals surface area contributed by atoms with Gasteiger partial charge < -0.3 is 10.1 Å². The number of aromatic nitrogens is 1. The monoisotopic (exact) mass is 397 g/mol. The summed E-state index contributed by atoms with van der Waals surface area (Å²) in [5.41, 5.74) is 0.630. The molecule has 3 rings (SSSR count). The van der Waals surface area contributed by atoms with Gasteiger partial charge in [-0.25, -0.2) is 13.4 Å². The van der Waals surface area contributed by atoms with Crippen molar-refractivity contribution in [3.63, 3.8) is 0 Å². The smallest absolute Gasteiger partial charge is 0.265 e. The van der Waals surface area contributed by atoms with Crippen LogP contribution in [-0.2, 0) is 10.0 Å². The van der Waals surface area contributed by atoms with Crippen molar-refractivity contribution in [3.8, 4) is 5.75 Å². The van der Waals surface area contributed by atoms with Gasteiger partial charge in [-0.15, -0.1) is 0 Å². The molecule has 0 aliphatic rings. The van der Waals surface area contributed by atoms with Gasteiger partial charge in [0.25, 0.3) is 10.0 Å². The van der Waals surface area contributed by atoms with Crippen LogP contribution >= 0.6 is 0 Å². The molecular formula is C21H23N3O3S. The zero-order valence-corrected chi connectivity index (χ0v) is 16.5. The SMILES string of the molecule is CCN(c1ccccc1)S(=O)(=O)c1ccc(NCCOc2ccccc2)nc1. The number of pyridine rings is 1. The molecule has 2 aromatic carbocycles. The van der Waals surface area contributed by atoms with E-state index >= 15 is 0 Å². The van der Waals surface area contributed by atoms with Gasteiger partial charge in [-0.2, -0.15) is 0 Å². The lowest BCUT2D eigenvalue weighted by Crippen LogP contribution is -2.30. The van der Waals surface area contributed by atoms with Crippen LogP contribution in [-0.4, -0.2) is 33.1 Å². The van der Waals surface area contributed by atoms with Crippen molar-refractivity contribution >= 4 is 21.5 Å². The van der Waals surface area contributed by atoms with E-state index in [4.69, 9.17) is 4.74 Å². The third-order valence-electron chi connectivity index (χ3n) is 4.08. The molecule has 0 saturated carbocycles. The molecule has 1 N–H and O–H groups in total. The van der Waals surface area contributed by atoms with E-state index in [1.807, 2.05) is 48.5 Å². The zero-order valence-electron chi connectivity index (χ0n) is 15.7. The quantitative estimate of drug-likeness (QED) is 0.556. The number of hydrogen-bond acceptors (Lipinski definition) is 5. The lowest BCUT2D eigenvalue weighted by molar-refractivity contribution is 0.333. The summed E-state index contributed by atoms with van der Waals surface area (Å²) >= 11 is 0. The molecule has 0 saturated heterocycles. The minimum Gasteiger partial charge on any atom is -0.492 e. The zero-order chi connectivity index (χ0) is 19.8. The van der Waals surface area contributed by atoms with Gasteiger partial charge in [0.05, 0.1) is 12.2 Å². The molecular weight excluding hydrogens is 374 g/mol. The van der Waals surface area contributed by atoms with Crippen LogP contribution in [0.1, 0.15) is 6.92 Å². The Balaban J connectivity index is 1.61. The molecule has 6 nitrogen and oxygen atoms in total. The molecule has 0 aliphatic carbocycles. The standard InChI is InChI=1S/C21H23N3O3S/c1-2-24(18-9-5-3-6-10-18)28(25,26)20-13-14-21(23-17-20)22-15-16-27-19-11-7-4-8-12-19/h3-14,17H,2,15-16H2,1H3,(H,22,23). The molecule has 1 heterocycles. The first-order valence-electron chi connectivity index (χ1n) is 9.07. The maximum Gasteiger partial charge on any atom is 0.265 e. The first-order chi connectivity index (χ1) is 13.6. The van der Waals surface area contributed by atoms with Gasteiger partial charge in [-0.1, -0.05) is 36.4 Å². The Kier molecular flexibility index (Phi) is 6.49. The molecule has 0 radical (unpaired) electrons. The highest BCUT2D eigenvalue weighted by atomic mass is 32.2. The number of hydrogen-bond donors (Lipinski definition) is 1. The van der Waals surface area contributed by atoms with Crippen molar-refractivity contribution < 1.29 is 13.2 Å². The fourth-order valence-electron chi connectivity index (χ4n) is 2.71. The van der Waals surface area contributed by atoms with Crippen LogP contribution in [0.15, 0.2) is 83.9 Å². The summed E-state index contributed by atoms with van der Waals surface area (Å²) in [5, 5.41) is 3.12. The van der Waals surface area contributed by atoms with Gasteiger partial charge in [-0.05, 0) is 43.3 Å². The van der Waals surface area contributed by atoms with Crippen molar-refractivity contribution in [2.24, 2.45) is 0 Å². The molecule has 0 unspecified atom stereocenters. The minimum atomic E-state index is -3.66. The second-order valence-corrected chi connectivity index (χ2v) is 7.84. The Morgan fingerprint density at radius 2 is 1.64 bits per heavy atom. The summed E-state index contributed by atoms with van der Waals surface area (Å²) in [5.74, 6) is 1.40. The van der Waals surface area contributed by atoms with Crippen LogP contribution < -0.4 is 14.4 Å². The summed E-state index contributed by atoms with van der Waals surface area (Å²) in [4.78, 5) is 4.38. The number of nitrogens with one attached hydrogen (secondary N) is 1. The van der Waals surface area contributed by atoms with Crippen LogP contribution in [0.25, 0.3) is 0 Å². The molecule has 1 aromatic heterocycles. The van der Waals surface area contributed by atoms with E-state index in [2.05, 4.69) is 10.3 Å². The molecule has 0 amide bonds. The Labute approximate surface area is 165 Å². The molecule has 0 aliphatic heterocycles. The third-order valence-corrected chi connectivity index (χ3v) is 5.96. The fraction of sp³-hybridized carbons (Fsp3) is 0.190. The lowest BCUT2D eigenvalue weighted by atomic mass is 10.3. The van der Waals surface area contributed by atoms with Crippen LogP contribution in [0, 0.1) is 0 Å². The second-order valence-electron chi connectivity index (χ2n) is 5.97. The maximum absolute atomic E-state index is 12.9. The largest absolute Gasteiger partial charge is 0.492 e. The highest BCUT2D eigenvalue weighted by Gasteiger charge is 2.23. The van der Waals surface area contributed by atoms with E-state index in [-0.39, 0.29) is 4.90 Å². The van der Waals surface area contributed by atoms with Crippen molar-refractivity contribution in [1.29, 1.82) is 0 Å². The first-order valence-corrected chi connectivity index (χ1v) is 10.5. The van der Waals surface area contributed by atoms with Gasteiger partial charge in [-0.3, -0.25) is 4.31 Å². The summed E-state index contributed by atoms with van der Waals surface area (Å²) in [6, 6.07) is 21.8. The number of benzene rings is 2. The highest BCUT2D eigenvalue weighted by molar-refractivity contribution is 7.92. The lowest BCUT2D eigenvalue weighted by Gasteiger charge is -2.22. The Bertz CT molecular complexity index is 963. The molecule has 146 valence electrons. The van der Waals surface area contributed by atoms with E-state index in [0.29, 0.717) is 31.2 Å². The van der Waals surface area contributed by atoms with E-state index < -0.39 is 10.0 Å². The molecule has 7 heteroatoms. The van der Waals surface area contributed by atoms with Crippen LogP contribution in [0.2, 0.25) is 0 Å². The van der Waals surface area contributed by atoms with Crippen LogP contribution in [0.3, 0.4) is 0 Å². The number of sulfonamides is 1. The molecule has 28 heavy (non-hydrogen) atoms. The number of rotatable bonds is 9. The molecule has 0 atom stereocenters. The molecule has 0 fully saturated rings. The number of anilines is 2. The van der Waals surface area contributed by atoms with Crippen molar-refractivity contribution in [2.75, 3.05) is 29.3 Å². The normalized spacial score (nSPS) is 11.0. The Morgan fingerprint density at radius 3 is 2.25 bits per heavy atom. The predicted octanol–water partition coefficient (Wildman–Crippen LogP) is 3.79. The van der Waals surface area contributed by atoms with Crippen LogP contribution in [0.5, 0.6) is 5.75 Å². The minimum absolute atomic E-state index is 0.157. The number of nitrogens with zero attached hydrogens (tertiary/aromatic N) is 2. The maximum atomic E-state index is 12.9. The predicted molar refractivity (Wildman–Crippen MR) is 111 cm³/mol. The van der Waals surface area contributed by atoms with Crippen molar-refractivity contribution in [2.45, 2.75) is 11.8 Å². The van der Waals surface area contributed by atoms with E-state index in [9.17, 15) is 8.42 Å². The summed E-state index contributed by atoms with van der Waals surface area (Å²) in [7, 11) is -3.66.